The van der Waals surface area contributed by atoms with E-state index in [2.05, 4.69) is 35.8 Å². The van der Waals surface area contributed by atoms with Gasteiger partial charge in [-0.25, -0.2) is 0 Å². The van der Waals surface area contributed by atoms with Crippen molar-refractivity contribution in [2.45, 2.75) is 19.4 Å². The van der Waals surface area contributed by atoms with Crippen LogP contribution >= 0.6 is 11.3 Å². The second-order valence-corrected chi connectivity index (χ2v) is 5.27. The topological polar surface area (TPSA) is 61.8 Å². The fraction of sp³-hybridized carbons (Fsp3) is 0.214. The van der Waals surface area contributed by atoms with Gasteiger partial charge in [0.25, 0.3) is 0 Å². The molecule has 2 rings (SSSR count). The van der Waals surface area contributed by atoms with Crippen LogP contribution in [-0.4, -0.2) is 6.04 Å². The van der Waals surface area contributed by atoms with Crippen LogP contribution in [-0.2, 0) is 6.42 Å². The molecular weight excluding hydrogens is 242 g/mol. The van der Waals surface area contributed by atoms with Gasteiger partial charge < -0.3 is 11.1 Å². The molecule has 0 aliphatic heterocycles. The van der Waals surface area contributed by atoms with Gasteiger partial charge in [0, 0.05) is 17.3 Å². The van der Waals surface area contributed by atoms with Crippen molar-refractivity contribution >= 4 is 22.7 Å². The summed E-state index contributed by atoms with van der Waals surface area (Å²) in [6, 6.07) is 11.9. The van der Waals surface area contributed by atoms with E-state index in [4.69, 9.17) is 11.0 Å². The first kappa shape index (κ1) is 12.5. The summed E-state index contributed by atoms with van der Waals surface area (Å²) < 4.78 is 0. The smallest absolute Gasteiger partial charge is 0.0992 e. The predicted octanol–water partition coefficient (Wildman–Crippen LogP) is 3.25. The zero-order valence-electron chi connectivity index (χ0n) is 10.2. The number of nitrogens with two attached hydrogens (primary N) is 1. The van der Waals surface area contributed by atoms with Crippen LogP contribution in [0, 0.1) is 11.3 Å². The van der Waals surface area contributed by atoms with E-state index in [-0.39, 0.29) is 6.04 Å². The Morgan fingerprint density at radius 1 is 1.44 bits per heavy atom. The summed E-state index contributed by atoms with van der Waals surface area (Å²) in [6.45, 7) is 2.11. The molecule has 3 N–H and O–H groups in total. The van der Waals surface area contributed by atoms with Crippen LogP contribution in [0.15, 0.2) is 35.7 Å². The fourth-order valence-corrected chi connectivity index (χ4v) is 2.63. The standard InChI is InChI=1S/C14H15N3S/c1-10(7-12-3-2-6-18-12)17-14-8-11(9-15)4-5-13(14)16/h2-6,8,10,17H,7,16H2,1H3. The number of anilines is 2. The molecule has 0 amide bonds. The average Bonchev–Trinajstić information content (AvgIpc) is 2.84. The van der Waals surface area contributed by atoms with Gasteiger partial charge >= 0.3 is 0 Å². The largest absolute Gasteiger partial charge is 0.397 e. The van der Waals surface area contributed by atoms with Crippen molar-refractivity contribution in [2.75, 3.05) is 11.1 Å². The number of benzene rings is 1. The number of thiophene rings is 1. The molecule has 1 heterocycles. The third kappa shape index (κ3) is 3.02. The van der Waals surface area contributed by atoms with Crippen LogP contribution in [0.3, 0.4) is 0 Å². The lowest BCUT2D eigenvalue weighted by Gasteiger charge is -2.16. The monoisotopic (exact) mass is 257 g/mol. The molecule has 0 radical (unpaired) electrons. The Morgan fingerprint density at radius 2 is 2.28 bits per heavy atom. The summed E-state index contributed by atoms with van der Waals surface area (Å²) in [4.78, 5) is 1.34. The molecular formula is C14H15N3S. The van der Waals surface area contributed by atoms with Crippen LogP contribution < -0.4 is 11.1 Å². The van der Waals surface area contributed by atoms with Gasteiger partial charge in [0.15, 0.2) is 0 Å². The Balaban J connectivity index is 2.07. The molecule has 0 bridgehead atoms. The van der Waals surface area contributed by atoms with Crippen LogP contribution in [0.25, 0.3) is 0 Å². The van der Waals surface area contributed by atoms with Gasteiger partial charge in [0.05, 0.1) is 23.0 Å². The highest BCUT2D eigenvalue weighted by molar-refractivity contribution is 7.09. The molecule has 18 heavy (non-hydrogen) atoms. The van der Waals surface area contributed by atoms with Gasteiger partial charge in [-0.3, -0.25) is 0 Å². The summed E-state index contributed by atoms with van der Waals surface area (Å²) in [6.07, 6.45) is 0.952. The van der Waals surface area contributed by atoms with Gasteiger partial charge in [-0.05, 0) is 36.6 Å². The van der Waals surface area contributed by atoms with Crippen LogP contribution in [0.1, 0.15) is 17.4 Å². The average molecular weight is 257 g/mol. The molecule has 0 aliphatic rings. The highest BCUT2D eigenvalue weighted by atomic mass is 32.1. The molecule has 1 aromatic heterocycles. The van der Waals surface area contributed by atoms with E-state index in [0.29, 0.717) is 11.3 Å². The molecule has 1 aromatic carbocycles. The summed E-state index contributed by atoms with van der Waals surface area (Å²) in [7, 11) is 0. The number of nitriles is 1. The third-order valence-corrected chi connectivity index (χ3v) is 3.57. The molecule has 0 saturated heterocycles. The normalized spacial score (nSPS) is 11.8. The predicted molar refractivity (Wildman–Crippen MR) is 76.7 cm³/mol. The van der Waals surface area contributed by atoms with Crippen LogP contribution in [0.4, 0.5) is 11.4 Å². The highest BCUT2D eigenvalue weighted by Gasteiger charge is 2.07. The van der Waals surface area contributed by atoms with Crippen LogP contribution in [0.5, 0.6) is 0 Å². The molecule has 1 atom stereocenters. The zero-order chi connectivity index (χ0) is 13.0. The van der Waals surface area contributed by atoms with E-state index in [0.717, 1.165) is 12.1 Å². The molecule has 0 fully saturated rings. The van der Waals surface area contributed by atoms with Crippen molar-refractivity contribution in [1.29, 1.82) is 5.26 Å². The van der Waals surface area contributed by atoms with Gasteiger partial charge in [0.1, 0.15) is 0 Å². The minimum atomic E-state index is 0.278. The Kier molecular flexibility index (Phi) is 3.85. The summed E-state index contributed by atoms with van der Waals surface area (Å²) in [5.41, 5.74) is 8.02. The summed E-state index contributed by atoms with van der Waals surface area (Å²) in [5, 5.41) is 14.3. The molecule has 1 unspecified atom stereocenters. The molecule has 3 nitrogen and oxygen atoms in total. The second-order valence-electron chi connectivity index (χ2n) is 4.24. The lowest BCUT2D eigenvalue weighted by atomic mass is 10.1. The van der Waals surface area contributed by atoms with E-state index in [1.54, 1.807) is 29.5 Å². The number of nitrogens with zero attached hydrogens (tertiary/aromatic N) is 1. The van der Waals surface area contributed by atoms with Crippen LogP contribution in [0.2, 0.25) is 0 Å². The van der Waals surface area contributed by atoms with E-state index in [1.807, 2.05) is 0 Å². The number of rotatable bonds is 4. The summed E-state index contributed by atoms with van der Waals surface area (Å²) >= 11 is 1.75. The van der Waals surface area contributed by atoms with Crippen molar-refractivity contribution in [3.05, 3.63) is 46.2 Å². The first-order chi connectivity index (χ1) is 8.69. The maximum absolute atomic E-state index is 8.88. The molecule has 0 aliphatic carbocycles. The molecule has 0 saturated carbocycles. The molecule has 92 valence electrons. The SMILES string of the molecule is CC(Cc1cccs1)Nc1cc(C#N)ccc1N. The molecule has 0 spiro atoms. The second kappa shape index (κ2) is 5.56. The first-order valence-corrected chi connectivity index (χ1v) is 6.65. The number of hydrogen-bond acceptors (Lipinski definition) is 4. The van der Waals surface area contributed by atoms with E-state index in [1.165, 1.54) is 4.88 Å². The van der Waals surface area contributed by atoms with Gasteiger partial charge in [-0.2, -0.15) is 5.26 Å². The Hall–Kier alpha value is -1.99. The number of nitrogen functional groups attached to an aromatic ring is 1. The lowest BCUT2D eigenvalue weighted by molar-refractivity contribution is 0.801. The van der Waals surface area contributed by atoms with Crippen molar-refractivity contribution in [3.63, 3.8) is 0 Å². The van der Waals surface area contributed by atoms with E-state index >= 15 is 0 Å². The van der Waals surface area contributed by atoms with Gasteiger partial charge in [-0.1, -0.05) is 6.07 Å². The fourth-order valence-electron chi connectivity index (χ4n) is 1.80. The minimum absolute atomic E-state index is 0.278. The Labute approximate surface area is 111 Å². The van der Waals surface area contributed by atoms with Gasteiger partial charge in [0.2, 0.25) is 0 Å². The molecule has 2 aromatic rings. The Morgan fingerprint density at radius 3 is 2.94 bits per heavy atom. The quantitative estimate of drug-likeness (QED) is 0.826. The maximum Gasteiger partial charge on any atom is 0.0992 e. The van der Waals surface area contributed by atoms with E-state index in [9.17, 15) is 0 Å². The number of hydrogen-bond donors (Lipinski definition) is 2. The van der Waals surface area contributed by atoms with Crippen molar-refractivity contribution < 1.29 is 0 Å². The van der Waals surface area contributed by atoms with Crippen molar-refractivity contribution in [3.8, 4) is 6.07 Å². The third-order valence-electron chi connectivity index (χ3n) is 2.67. The summed E-state index contributed by atoms with van der Waals surface area (Å²) in [5.74, 6) is 0. The first-order valence-electron chi connectivity index (χ1n) is 5.77. The van der Waals surface area contributed by atoms with Crippen molar-refractivity contribution in [2.24, 2.45) is 0 Å². The van der Waals surface area contributed by atoms with Crippen molar-refractivity contribution in [1.82, 2.24) is 0 Å². The Bertz CT molecular complexity index is 555. The lowest BCUT2D eigenvalue weighted by Crippen LogP contribution is -2.18. The van der Waals surface area contributed by atoms with E-state index < -0.39 is 0 Å². The zero-order valence-corrected chi connectivity index (χ0v) is 11.0. The maximum atomic E-state index is 8.88. The number of nitrogens with one attached hydrogen (secondary N) is 1. The van der Waals surface area contributed by atoms with Gasteiger partial charge in [-0.15, -0.1) is 11.3 Å². The minimum Gasteiger partial charge on any atom is -0.397 e. The highest BCUT2D eigenvalue weighted by Crippen LogP contribution is 2.22. The molecule has 4 heteroatoms.